The fraction of sp³-hybridized carbons (Fsp3) is 0.387. The van der Waals surface area contributed by atoms with Crippen molar-refractivity contribution in [1.29, 1.82) is 0 Å². The summed E-state index contributed by atoms with van der Waals surface area (Å²) in [6.45, 7) is 7.71. The van der Waals surface area contributed by atoms with Crippen LogP contribution in [0, 0.1) is 0 Å². The van der Waals surface area contributed by atoms with Crippen molar-refractivity contribution in [3.8, 4) is 5.69 Å². The summed E-state index contributed by atoms with van der Waals surface area (Å²) in [5, 5.41) is 14.6. The number of likely N-dealkylation sites (N-methyl/N-ethyl adjacent to an activating group) is 1. The summed E-state index contributed by atoms with van der Waals surface area (Å²) in [6, 6.07) is 12.6. The molecular weight excluding hydrogens is 502 g/mol. The highest BCUT2D eigenvalue weighted by atomic mass is 16.3. The molecule has 0 radical (unpaired) electrons. The normalized spacial score (nSPS) is 20.9. The average Bonchev–Trinajstić information content (AvgIpc) is 3.36. The maximum Gasteiger partial charge on any atom is 0.278 e. The van der Waals surface area contributed by atoms with E-state index >= 15 is 0 Å². The van der Waals surface area contributed by atoms with Crippen molar-refractivity contribution in [1.82, 2.24) is 24.2 Å². The smallest absolute Gasteiger partial charge is 0.278 e. The first-order chi connectivity index (χ1) is 19.3. The Morgan fingerprint density at radius 2 is 1.98 bits per heavy atom. The third-order valence-electron chi connectivity index (χ3n) is 8.47. The van der Waals surface area contributed by atoms with Crippen molar-refractivity contribution in [2.45, 2.75) is 57.8 Å². The number of nitrogens with zero attached hydrogens (tertiary/aromatic N) is 6. The molecular formula is C31H35N7O2. The van der Waals surface area contributed by atoms with Crippen LogP contribution in [0.4, 0.5) is 17.3 Å². The van der Waals surface area contributed by atoms with Gasteiger partial charge in [-0.1, -0.05) is 38.1 Å². The van der Waals surface area contributed by atoms with Crippen LogP contribution in [0.3, 0.4) is 0 Å². The minimum atomic E-state index is -0.527. The quantitative estimate of drug-likeness (QED) is 0.373. The second kappa shape index (κ2) is 9.31. The lowest BCUT2D eigenvalue weighted by Crippen LogP contribution is -2.39. The molecule has 40 heavy (non-hydrogen) atoms. The fourth-order valence-electron chi connectivity index (χ4n) is 6.75. The minimum absolute atomic E-state index is 0.0889. The molecule has 0 aliphatic carbocycles. The molecule has 2 bridgehead atoms. The molecule has 4 aromatic rings. The summed E-state index contributed by atoms with van der Waals surface area (Å²) in [5.74, 6) is 0.441. The predicted octanol–water partition coefficient (Wildman–Crippen LogP) is 4.08. The summed E-state index contributed by atoms with van der Waals surface area (Å²) in [7, 11) is 2.16. The Morgan fingerprint density at radius 3 is 2.85 bits per heavy atom. The van der Waals surface area contributed by atoms with Gasteiger partial charge in [-0.15, -0.1) is 0 Å². The Morgan fingerprint density at radius 1 is 1.10 bits per heavy atom. The van der Waals surface area contributed by atoms with Crippen molar-refractivity contribution < 1.29 is 5.11 Å². The molecule has 5 heterocycles. The Labute approximate surface area is 233 Å². The van der Waals surface area contributed by atoms with Gasteiger partial charge in [-0.25, -0.2) is 14.3 Å². The number of aliphatic hydroxyl groups excluding tert-OH is 1. The molecule has 0 fully saturated rings. The van der Waals surface area contributed by atoms with E-state index in [1.54, 1.807) is 10.9 Å². The van der Waals surface area contributed by atoms with Crippen LogP contribution >= 0.6 is 0 Å². The number of allylic oxidation sites excluding steroid dienone is 2. The van der Waals surface area contributed by atoms with E-state index in [1.807, 2.05) is 16.8 Å². The predicted molar refractivity (Wildman–Crippen MR) is 158 cm³/mol. The minimum Gasteiger partial charge on any atom is -0.373 e. The molecule has 1 unspecified atom stereocenters. The van der Waals surface area contributed by atoms with Gasteiger partial charge in [0.2, 0.25) is 5.95 Å². The van der Waals surface area contributed by atoms with E-state index in [0.29, 0.717) is 29.9 Å². The molecule has 206 valence electrons. The van der Waals surface area contributed by atoms with Crippen LogP contribution in [0.25, 0.3) is 16.7 Å². The van der Waals surface area contributed by atoms with Gasteiger partial charge in [-0.2, -0.15) is 4.98 Å². The maximum absolute atomic E-state index is 13.6. The highest BCUT2D eigenvalue weighted by Gasteiger charge is 2.31. The third kappa shape index (κ3) is 4.12. The Balaban J connectivity index is 1.33. The van der Waals surface area contributed by atoms with Crippen molar-refractivity contribution in [3.63, 3.8) is 0 Å². The third-order valence-corrected chi connectivity index (χ3v) is 8.47. The topological polar surface area (TPSA) is 91.5 Å². The number of nitrogens with one attached hydrogen (secondary N) is 1. The molecule has 9 nitrogen and oxygen atoms in total. The fourth-order valence-corrected chi connectivity index (χ4v) is 6.75. The lowest BCUT2D eigenvalue weighted by atomic mass is 9.78. The zero-order valence-corrected chi connectivity index (χ0v) is 23.3. The molecule has 1 atom stereocenters. The molecule has 3 aliphatic rings. The van der Waals surface area contributed by atoms with Crippen molar-refractivity contribution in [3.05, 3.63) is 81.8 Å². The highest BCUT2D eigenvalue weighted by Crippen LogP contribution is 2.36. The van der Waals surface area contributed by atoms with Crippen LogP contribution in [0.2, 0.25) is 0 Å². The van der Waals surface area contributed by atoms with Gasteiger partial charge >= 0.3 is 0 Å². The SMILES string of the molecule is CN1Cc2cc(Nc3ncc4c(=O)n5n(c4n3)-c3ccc4c(c3)N(CCC/C=C\C5)C(O)C4)ccc2C(C)(C)C1. The van der Waals surface area contributed by atoms with E-state index in [-0.39, 0.29) is 11.0 Å². The maximum atomic E-state index is 13.6. The number of hydrogen-bond acceptors (Lipinski definition) is 7. The van der Waals surface area contributed by atoms with Gasteiger partial charge in [0.15, 0.2) is 5.65 Å². The van der Waals surface area contributed by atoms with Crippen molar-refractivity contribution in [2.75, 3.05) is 30.4 Å². The molecule has 9 heteroatoms. The Bertz CT molecular complexity index is 1720. The van der Waals surface area contributed by atoms with Crippen molar-refractivity contribution in [2.24, 2.45) is 0 Å². The molecule has 0 saturated heterocycles. The standard InChI is InChI=1S/C31H35N7O2/c1-31(2)19-35(3)18-21-14-22(9-11-25(21)31)33-30-32-17-24-28(34-30)38-23-10-8-20-15-27(39)36(26(20)16-23)12-6-4-5-7-13-37(38)29(24)40/h5,7-11,14,16-17,27,39H,4,6,12-13,15,18-19H2,1-3H3,(H,32,33,34)/b7-5-. The number of hydrogen-bond donors (Lipinski definition) is 2. The van der Waals surface area contributed by atoms with Crippen molar-refractivity contribution >= 4 is 28.4 Å². The van der Waals surface area contributed by atoms with Gasteiger partial charge in [0.1, 0.15) is 11.6 Å². The molecule has 0 amide bonds. The second-order valence-electron chi connectivity index (χ2n) is 12.0. The molecule has 7 rings (SSSR count). The zero-order valence-electron chi connectivity index (χ0n) is 23.3. The van der Waals surface area contributed by atoms with Gasteiger partial charge in [0.25, 0.3) is 5.56 Å². The molecule has 2 N–H and O–H groups in total. The lowest BCUT2D eigenvalue weighted by molar-refractivity contribution is 0.178. The van der Waals surface area contributed by atoms with Crippen LogP contribution in [0.1, 0.15) is 43.4 Å². The van der Waals surface area contributed by atoms with E-state index < -0.39 is 6.23 Å². The van der Waals surface area contributed by atoms with Gasteiger partial charge in [-0.3, -0.25) is 4.79 Å². The van der Waals surface area contributed by atoms with E-state index in [4.69, 9.17) is 4.98 Å². The monoisotopic (exact) mass is 537 g/mol. The van der Waals surface area contributed by atoms with Crippen LogP contribution in [-0.4, -0.2) is 55.7 Å². The second-order valence-corrected chi connectivity index (χ2v) is 12.0. The van der Waals surface area contributed by atoms with E-state index in [0.717, 1.165) is 55.1 Å². The number of aliphatic hydroxyl groups is 1. The van der Waals surface area contributed by atoms with Crippen LogP contribution < -0.4 is 15.8 Å². The number of benzene rings is 2. The molecule has 0 spiro atoms. The molecule has 2 aromatic carbocycles. The average molecular weight is 538 g/mol. The summed E-state index contributed by atoms with van der Waals surface area (Å²) in [4.78, 5) is 27.4. The number of rotatable bonds is 2. The zero-order chi connectivity index (χ0) is 27.6. The summed E-state index contributed by atoms with van der Waals surface area (Å²) in [6.07, 6.45) is 7.67. The largest absolute Gasteiger partial charge is 0.373 e. The highest BCUT2D eigenvalue weighted by molar-refractivity contribution is 5.78. The summed E-state index contributed by atoms with van der Waals surface area (Å²) >= 11 is 0. The van der Waals surface area contributed by atoms with E-state index in [2.05, 4.69) is 77.4 Å². The first-order valence-electron chi connectivity index (χ1n) is 14.1. The lowest BCUT2D eigenvalue weighted by Gasteiger charge is -2.38. The summed E-state index contributed by atoms with van der Waals surface area (Å²) in [5.41, 5.74) is 7.08. The molecule has 2 aromatic heterocycles. The summed E-state index contributed by atoms with van der Waals surface area (Å²) < 4.78 is 3.61. The van der Waals surface area contributed by atoms with Gasteiger partial charge in [-0.05, 0) is 60.8 Å². The van der Waals surface area contributed by atoms with Gasteiger partial charge < -0.3 is 20.2 Å². The Kier molecular flexibility index (Phi) is 5.83. The van der Waals surface area contributed by atoms with Crippen LogP contribution in [-0.2, 0) is 24.9 Å². The molecule has 3 aliphatic heterocycles. The number of aromatic nitrogens is 4. The Hall–Kier alpha value is -3.95. The number of fused-ring (bicyclic) bond motifs is 6. The van der Waals surface area contributed by atoms with Gasteiger partial charge in [0.05, 0.1) is 12.2 Å². The van der Waals surface area contributed by atoms with Gasteiger partial charge in [0, 0.05) is 49.0 Å². The number of anilines is 3. The molecule has 0 saturated carbocycles. The van der Waals surface area contributed by atoms with Crippen LogP contribution in [0.15, 0.2) is 59.5 Å². The first-order valence-corrected chi connectivity index (χ1v) is 14.1. The first kappa shape index (κ1) is 25.0. The van der Waals surface area contributed by atoms with Crippen LogP contribution in [0.5, 0.6) is 0 Å². The van der Waals surface area contributed by atoms with E-state index in [9.17, 15) is 9.90 Å². The van der Waals surface area contributed by atoms with E-state index in [1.165, 1.54) is 11.1 Å².